The number of primary sulfonamides is 1. The number of sulfonamides is 1. The molecule has 2 N–H and O–H groups in total. The third-order valence-corrected chi connectivity index (χ3v) is 1.45. The van der Waals surface area contributed by atoms with Gasteiger partial charge in [0.05, 0.1) is 0 Å². The Balaban J connectivity index is 3.93. The Labute approximate surface area is 56.1 Å². The van der Waals surface area contributed by atoms with Gasteiger partial charge in [-0.2, -0.15) is 0 Å². The molecular weight excluding hydrogens is 171 g/mol. The summed E-state index contributed by atoms with van der Waals surface area (Å²) >= 11 is 0. The van der Waals surface area contributed by atoms with Crippen LogP contribution in [0.15, 0.2) is 0 Å². The average Bonchev–Trinajstić information content (AvgIpc) is 1.60. The zero-order chi connectivity index (χ0) is 8.36. The summed E-state index contributed by atoms with van der Waals surface area (Å²) in [6, 6.07) is 0. The van der Waals surface area contributed by atoms with E-state index in [1.54, 1.807) is 0 Å². The van der Waals surface area contributed by atoms with E-state index in [9.17, 15) is 21.6 Å². The van der Waals surface area contributed by atoms with Gasteiger partial charge in [-0.05, 0) is 0 Å². The normalized spacial score (nSPS) is 15.7. The lowest BCUT2D eigenvalue weighted by atomic mass is 10.5. The standard InChI is InChI=1S/C3H6F3NO2S/c4-2(3(5)6)1-10(7,8)9/h2-3H,1H2,(H2,7,8,9). The lowest BCUT2D eigenvalue weighted by molar-refractivity contribution is 0.0618. The molecule has 3 nitrogen and oxygen atoms in total. The molecule has 1 atom stereocenters. The molecule has 0 fully saturated rings. The predicted molar refractivity (Wildman–Crippen MR) is 28.9 cm³/mol. The van der Waals surface area contributed by atoms with E-state index < -0.39 is 28.4 Å². The molecule has 0 aromatic heterocycles. The Morgan fingerprint density at radius 3 is 1.80 bits per heavy atom. The summed E-state index contributed by atoms with van der Waals surface area (Å²) in [5.41, 5.74) is 0. The number of hydrogen-bond donors (Lipinski definition) is 1. The molecular formula is C3H6F3NO2S. The van der Waals surface area contributed by atoms with Gasteiger partial charge in [-0.1, -0.05) is 0 Å². The summed E-state index contributed by atoms with van der Waals surface area (Å²) in [4.78, 5) is 0. The second kappa shape index (κ2) is 3.20. The first kappa shape index (κ1) is 9.70. The van der Waals surface area contributed by atoms with Crippen LogP contribution >= 0.6 is 0 Å². The Morgan fingerprint density at radius 1 is 1.30 bits per heavy atom. The second-order valence-corrected chi connectivity index (χ2v) is 3.34. The van der Waals surface area contributed by atoms with Gasteiger partial charge in [-0.3, -0.25) is 0 Å². The molecule has 0 bridgehead atoms. The summed E-state index contributed by atoms with van der Waals surface area (Å²) in [7, 11) is -4.12. The maximum Gasteiger partial charge on any atom is 0.270 e. The van der Waals surface area contributed by atoms with E-state index in [1.165, 1.54) is 0 Å². The predicted octanol–water partition coefficient (Wildman–Crippen LogP) is -0.122. The van der Waals surface area contributed by atoms with Crippen LogP contribution < -0.4 is 5.14 Å². The molecule has 0 heterocycles. The van der Waals surface area contributed by atoms with Crippen molar-refractivity contribution in [2.75, 3.05) is 5.75 Å². The average molecular weight is 177 g/mol. The molecule has 0 saturated carbocycles. The first-order chi connectivity index (χ1) is 4.33. The molecule has 0 aliphatic carbocycles. The van der Waals surface area contributed by atoms with Crippen molar-refractivity contribution in [1.29, 1.82) is 0 Å². The van der Waals surface area contributed by atoms with Gasteiger partial charge < -0.3 is 0 Å². The van der Waals surface area contributed by atoms with Crippen LogP contribution in [0.2, 0.25) is 0 Å². The topological polar surface area (TPSA) is 60.2 Å². The number of alkyl halides is 3. The fourth-order valence-electron chi connectivity index (χ4n) is 0.295. The maximum atomic E-state index is 11.8. The van der Waals surface area contributed by atoms with Crippen molar-refractivity contribution >= 4 is 10.0 Å². The van der Waals surface area contributed by atoms with E-state index in [0.717, 1.165) is 0 Å². The van der Waals surface area contributed by atoms with Gasteiger partial charge in [-0.15, -0.1) is 0 Å². The molecule has 0 aromatic rings. The highest BCUT2D eigenvalue weighted by Gasteiger charge is 2.23. The van der Waals surface area contributed by atoms with Crippen molar-refractivity contribution < 1.29 is 21.6 Å². The van der Waals surface area contributed by atoms with Gasteiger partial charge in [0, 0.05) is 0 Å². The van der Waals surface area contributed by atoms with Crippen LogP contribution in [0.4, 0.5) is 13.2 Å². The smallest absolute Gasteiger partial charge is 0.240 e. The molecule has 0 amide bonds. The molecule has 62 valence electrons. The van der Waals surface area contributed by atoms with Gasteiger partial charge >= 0.3 is 0 Å². The van der Waals surface area contributed by atoms with Crippen LogP contribution in [0.1, 0.15) is 0 Å². The molecule has 0 radical (unpaired) electrons. The zero-order valence-electron chi connectivity index (χ0n) is 4.80. The lowest BCUT2D eigenvalue weighted by Crippen LogP contribution is -2.28. The van der Waals surface area contributed by atoms with E-state index in [0.29, 0.717) is 0 Å². The molecule has 0 spiro atoms. The number of hydrogen-bond acceptors (Lipinski definition) is 2. The summed E-state index contributed by atoms with van der Waals surface area (Å²) in [6.07, 6.45) is -5.98. The Bertz CT molecular complexity index is 190. The maximum absolute atomic E-state index is 11.8. The molecule has 0 rings (SSSR count). The Morgan fingerprint density at radius 2 is 1.70 bits per heavy atom. The Hall–Kier alpha value is -0.300. The van der Waals surface area contributed by atoms with Crippen LogP contribution in [0.25, 0.3) is 0 Å². The third kappa shape index (κ3) is 4.57. The second-order valence-electron chi connectivity index (χ2n) is 1.68. The van der Waals surface area contributed by atoms with Crippen molar-refractivity contribution in [3.8, 4) is 0 Å². The van der Waals surface area contributed by atoms with E-state index in [1.807, 2.05) is 0 Å². The molecule has 1 unspecified atom stereocenters. The number of rotatable bonds is 3. The quantitative estimate of drug-likeness (QED) is 0.653. The number of halogens is 3. The van der Waals surface area contributed by atoms with Gasteiger partial charge in [0.2, 0.25) is 10.0 Å². The fourth-order valence-corrected chi connectivity index (χ4v) is 0.884. The monoisotopic (exact) mass is 177 g/mol. The molecule has 10 heavy (non-hydrogen) atoms. The summed E-state index contributed by atoms with van der Waals surface area (Å²) in [5, 5.41) is 4.27. The highest BCUT2D eigenvalue weighted by Crippen LogP contribution is 2.06. The summed E-state index contributed by atoms with van der Waals surface area (Å²) < 4.78 is 54.2. The fraction of sp³-hybridized carbons (Fsp3) is 1.00. The van der Waals surface area contributed by atoms with E-state index in [4.69, 9.17) is 0 Å². The highest BCUT2D eigenvalue weighted by atomic mass is 32.2. The van der Waals surface area contributed by atoms with Crippen LogP contribution in [-0.4, -0.2) is 26.8 Å². The Kier molecular flexibility index (Phi) is 3.10. The minimum atomic E-state index is -4.12. The first-order valence-corrected chi connectivity index (χ1v) is 3.97. The summed E-state index contributed by atoms with van der Waals surface area (Å²) in [6.45, 7) is 0. The van der Waals surface area contributed by atoms with Crippen LogP contribution in [-0.2, 0) is 10.0 Å². The highest BCUT2D eigenvalue weighted by molar-refractivity contribution is 7.89. The molecule has 0 saturated heterocycles. The van der Waals surface area contributed by atoms with Gasteiger partial charge in [0.15, 0.2) is 6.17 Å². The third-order valence-electron chi connectivity index (χ3n) is 0.665. The SMILES string of the molecule is NS(=O)(=O)CC(F)C(F)F. The lowest BCUT2D eigenvalue weighted by Gasteiger charge is -2.02. The van der Waals surface area contributed by atoms with Gasteiger partial charge in [-0.25, -0.2) is 26.7 Å². The molecule has 7 heteroatoms. The van der Waals surface area contributed by atoms with Crippen molar-refractivity contribution in [3.05, 3.63) is 0 Å². The van der Waals surface area contributed by atoms with E-state index >= 15 is 0 Å². The number of nitrogens with two attached hydrogens (primary N) is 1. The van der Waals surface area contributed by atoms with Crippen molar-refractivity contribution in [2.24, 2.45) is 5.14 Å². The molecule has 0 aromatic carbocycles. The minimum absolute atomic E-state index is 1.33. The van der Waals surface area contributed by atoms with Crippen LogP contribution in [0, 0.1) is 0 Å². The van der Waals surface area contributed by atoms with E-state index in [2.05, 4.69) is 5.14 Å². The zero-order valence-corrected chi connectivity index (χ0v) is 5.61. The van der Waals surface area contributed by atoms with Gasteiger partial charge in [0.1, 0.15) is 5.75 Å². The van der Waals surface area contributed by atoms with Crippen LogP contribution in [0.5, 0.6) is 0 Å². The van der Waals surface area contributed by atoms with Crippen molar-refractivity contribution in [3.63, 3.8) is 0 Å². The molecule has 0 aliphatic rings. The minimum Gasteiger partial charge on any atom is -0.240 e. The van der Waals surface area contributed by atoms with Crippen molar-refractivity contribution in [2.45, 2.75) is 12.6 Å². The first-order valence-electron chi connectivity index (χ1n) is 2.25. The van der Waals surface area contributed by atoms with Crippen molar-refractivity contribution in [1.82, 2.24) is 0 Å². The molecule has 0 aliphatic heterocycles. The van der Waals surface area contributed by atoms with Gasteiger partial charge in [0.25, 0.3) is 6.43 Å². The van der Waals surface area contributed by atoms with Crippen LogP contribution in [0.3, 0.4) is 0 Å². The largest absolute Gasteiger partial charge is 0.270 e. The summed E-state index contributed by atoms with van der Waals surface area (Å²) in [5.74, 6) is -1.33. The van der Waals surface area contributed by atoms with E-state index in [-0.39, 0.29) is 0 Å².